The minimum atomic E-state index is -4.42. The van der Waals surface area contributed by atoms with Crippen LogP contribution in [0.3, 0.4) is 0 Å². The van der Waals surface area contributed by atoms with Gasteiger partial charge in [-0.05, 0) is 19.1 Å². The fourth-order valence-corrected chi connectivity index (χ4v) is 2.87. The van der Waals surface area contributed by atoms with Crippen LogP contribution in [0, 0.1) is 6.92 Å². The molecule has 0 unspecified atom stereocenters. The van der Waals surface area contributed by atoms with Crippen LogP contribution >= 0.6 is 11.3 Å². The van der Waals surface area contributed by atoms with Gasteiger partial charge in [0.05, 0.1) is 5.56 Å². The second-order valence-corrected chi connectivity index (χ2v) is 5.38. The van der Waals surface area contributed by atoms with Crippen molar-refractivity contribution in [3.63, 3.8) is 0 Å². The highest BCUT2D eigenvalue weighted by Crippen LogP contribution is 2.34. The number of benzene rings is 1. The largest absolute Gasteiger partial charge is 0.416 e. The van der Waals surface area contributed by atoms with Gasteiger partial charge in [-0.15, -0.1) is 0 Å². The Kier molecular flexibility index (Phi) is 3.05. The van der Waals surface area contributed by atoms with E-state index in [2.05, 4.69) is 15.0 Å². The van der Waals surface area contributed by atoms with E-state index in [1.165, 1.54) is 12.1 Å². The lowest BCUT2D eigenvalue weighted by molar-refractivity contribution is -0.137. The van der Waals surface area contributed by atoms with Crippen molar-refractivity contribution in [3.05, 3.63) is 46.0 Å². The number of aromatic nitrogens is 3. The third-order valence-electron chi connectivity index (χ3n) is 2.82. The second kappa shape index (κ2) is 4.66. The molecule has 0 atom stereocenters. The molecule has 3 rings (SSSR count). The number of hydrogen-bond acceptors (Lipinski definition) is 4. The standard InChI is InChI=1S/C13H8F3N3OS/c1-6-17-10(20)9-12(18-6)21-11(19-9)7-3-2-4-8(5-7)13(14,15)16/h2-5H,1H3,(H,17,18,20). The number of hydrogen-bond donors (Lipinski definition) is 1. The summed E-state index contributed by atoms with van der Waals surface area (Å²) in [5.41, 5.74) is -0.702. The van der Waals surface area contributed by atoms with Crippen molar-refractivity contribution in [1.29, 1.82) is 0 Å². The summed E-state index contributed by atoms with van der Waals surface area (Å²) >= 11 is 1.09. The van der Waals surface area contributed by atoms with E-state index in [0.29, 0.717) is 21.2 Å². The Hall–Kier alpha value is -2.22. The summed E-state index contributed by atoms with van der Waals surface area (Å²) in [6.45, 7) is 1.63. The van der Waals surface area contributed by atoms with Crippen LogP contribution in [0.1, 0.15) is 11.4 Å². The summed E-state index contributed by atoms with van der Waals surface area (Å²) in [4.78, 5) is 22.9. The van der Waals surface area contributed by atoms with Gasteiger partial charge in [0.25, 0.3) is 5.56 Å². The molecule has 0 bridgehead atoms. The maximum absolute atomic E-state index is 12.7. The number of halogens is 3. The third-order valence-corrected chi connectivity index (χ3v) is 3.82. The number of H-pyrrole nitrogens is 1. The maximum atomic E-state index is 12.7. The van der Waals surface area contributed by atoms with Crippen LogP contribution in [0.2, 0.25) is 0 Å². The molecule has 0 aliphatic carbocycles. The van der Waals surface area contributed by atoms with Gasteiger partial charge in [0.15, 0.2) is 10.3 Å². The lowest BCUT2D eigenvalue weighted by Crippen LogP contribution is -2.08. The highest BCUT2D eigenvalue weighted by atomic mass is 32.1. The molecular formula is C13H8F3N3OS. The van der Waals surface area contributed by atoms with E-state index in [4.69, 9.17) is 0 Å². The van der Waals surface area contributed by atoms with Gasteiger partial charge < -0.3 is 4.98 Å². The Bertz CT molecular complexity index is 882. The van der Waals surface area contributed by atoms with Crippen LogP contribution in [0.5, 0.6) is 0 Å². The number of aryl methyl sites for hydroxylation is 1. The summed E-state index contributed by atoms with van der Waals surface area (Å²) in [7, 11) is 0. The predicted molar refractivity (Wildman–Crippen MR) is 73.2 cm³/mol. The van der Waals surface area contributed by atoms with Crippen molar-refractivity contribution in [3.8, 4) is 10.6 Å². The number of rotatable bonds is 1. The van der Waals surface area contributed by atoms with Gasteiger partial charge in [-0.2, -0.15) is 13.2 Å². The minimum absolute atomic E-state index is 0.137. The molecule has 0 saturated heterocycles. The molecule has 0 fully saturated rings. The molecular weight excluding hydrogens is 303 g/mol. The summed E-state index contributed by atoms with van der Waals surface area (Å²) < 4.78 is 38.2. The molecule has 8 heteroatoms. The summed E-state index contributed by atoms with van der Waals surface area (Å²) in [5.74, 6) is 0.437. The van der Waals surface area contributed by atoms with E-state index in [0.717, 1.165) is 23.5 Å². The van der Waals surface area contributed by atoms with Crippen molar-refractivity contribution >= 4 is 21.7 Å². The van der Waals surface area contributed by atoms with E-state index in [1.807, 2.05) is 0 Å². The highest BCUT2D eigenvalue weighted by molar-refractivity contribution is 7.21. The van der Waals surface area contributed by atoms with Gasteiger partial charge in [-0.1, -0.05) is 23.5 Å². The van der Waals surface area contributed by atoms with Crippen molar-refractivity contribution < 1.29 is 13.2 Å². The number of nitrogens with zero attached hydrogens (tertiary/aromatic N) is 2. The number of alkyl halides is 3. The maximum Gasteiger partial charge on any atom is 0.416 e. The van der Waals surface area contributed by atoms with Crippen LogP contribution in [-0.4, -0.2) is 15.0 Å². The first kappa shape index (κ1) is 13.7. The molecule has 0 spiro atoms. The molecule has 21 heavy (non-hydrogen) atoms. The Morgan fingerprint density at radius 2 is 2.00 bits per heavy atom. The Morgan fingerprint density at radius 3 is 2.71 bits per heavy atom. The van der Waals surface area contributed by atoms with Gasteiger partial charge in [-0.3, -0.25) is 4.79 Å². The summed E-state index contributed by atoms with van der Waals surface area (Å²) in [6.07, 6.45) is -4.42. The van der Waals surface area contributed by atoms with E-state index in [1.54, 1.807) is 6.92 Å². The van der Waals surface area contributed by atoms with Crippen LogP contribution in [0.25, 0.3) is 20.9 Å². The number of fused-ring (bicyclic) bond motifs is 1. The van der Waals surface area contributed by atoms with Gasteiger partial charge in [-0.25, -0.2) is 9.97 Å². The van der Waals surface area contributed by atoms with Crippen molar-refractivity contribution in [2.75, 3.05) is 0 Å². The van der Waals surface area contributed by atoms with Crippen LogP contribution in [-0.2, 0) is 6.18 Å². The molecule has 0 radical (unpaired) electrons. The molecule has 3 aromatic rings. The molecule has 1 aromatic carbocycles. The second-order valence-electron chi connectivity index (χ2n) is 4.40. The average molecular weight is 311 g/mol. The van der Waals surface area contributed by atoms with Gasteiger partial charge in [0, 0.05) is 5.56 Å². The van der Waals surface area contributed by atoms with E-state index < -0.39 is 17.3 Å². The number of thiazole rings is 1. The zero-order valence-corrected chi connectivity index (χ0v) is 11.5. The molecule has 2 heterocycles. The first-order valence-electron chi connectivity index (χ1n) is 5.90. The molecule has 108 valence electrons. The first-order chi connectivity index (χ1) is 9.84. The minimum Gasteiger partial charge on any atom is -0.309 e. The van der Waals surface area contributed by atoms with Crippen LogP contribution in [0.15, 0.2) is 29.1 Å². The topological polar surface area (TPSA) is 58.6 Å². The number of nitrogens with one attached hydrogen (secondary N) is 1. The molecule has 0 aliphatic heterocycles. The fraction of sp³-hybridized carbons (Fsp3) is 0.154. The number of aromatic amines is 1. The molecule has 0 aliphatic rings. The SMILES string of the molecule is Cc1nc2sc(-c3cccc(C(F)(F)F)c3)nc2c(=O)[nH]1. The van der Waals surface area contributed by atoms with E-state index >= 15 is 0 Å². The summed E-state index contributed by atoms with van der Waals surface area (Å²) in [5, 5.41) is 0.333. The molecule has 4 nitrogen and oxygen atoms in total. The zero-order chi connectivity index (χ0) is 15.2. The monoisotopic (exact) mass is 311 g/mol. The van der Waals surface area contributed by atoms with Crippen LogP contribution in [0.4, 0.5) is 13.2 Å². The predicted octanol–water partition coefficient (Wildman–Crippen LogP) is 3.37. The third kappa shape index (κ3) is 2.54. The van der Waals surface area contributed by atoms with Gasteiger partial charge in [0.1, 0.15) is 10.8 Å². The highest BCUT2D eigenvalue weighted by Gasteiger charge is 2.30. The lowest BCUT2D eigenvalue weighted by Gasteiger charge is -2.06. The molecule has 2 aromatic heterocycles. The fourth-order valence-electron chi connectivity index (χ4n) is 1.89. The molecule has 0 amide bonds. The quantitative estimate of drug-likeness (QED) is 0.749. The molecule has 1 N–H and O–H groups in total. The normalized spacial score (nSPS) is 12.0. The Morgan fingerprint density at radius 1 is 1.24 bits per heavy atom. The van der Waals surface area contributed by atoms with E-state index in [9.17, 15) is 18.0 Å². The zero-order valence-electron chi connectivity index (χ0n) is 10.7. The van der Waals surface area contributed by atoms with Gasteiger partial charge in [0.2, 0.25) is 0 Å². The first-order valence-corrected chi connectivity index (χ1v) is 6.71. The lowest BCUT2D eigenvalue weighted by atomic mass is 10.1. The Labute approximate surface area is 120 Å². The Balaban J connectivity index is 2.17. The van der Waals surface area contributed by atoms with Crippen molar-refractivity contribution in [2.24, 2.45) is 0 Å². The van der Waals surface area contributed by atoms with Crippen molar-refractivity contribution in [2.45, 2.75) is 13.1 Å². The smallest absolute Gasteiger partial charge is 0.309 e. The summed E-state index contributed by atoms with van der Waals surface area (Å²) in [6, 6.07) is 4.84. The molecule has 0 saturated carbocycles. The van der Waals surface area contributed by atoms with E-state index in [-0.39, 0.29) is 5.52 Å². The van der Waals surface area contributed by atoms with Crippen molar-refractivity contribution in [1.82, 2.24) is 15.0 Å². The van der Waals surface area contributed by atoms with Gasteiger partial charge >= 0.3 is 6.18 Å². The van der Waals surface area contributed by atoms with Crippen LogP contribution < -0.4 is 5.56 Å². The average Bonchev–Trinajstić information content (AvgIpc) is 2.82.